The Morgan fingerprint density at radius 3 is 2.37 bits per heavy atom. The summed E-state index contributed by atoms with van der Waals surface area (Å²) in [6.45, 7) is 1.89. The molecule has 0 aliphatic heterocycles. The van der Waals surface area contributed by atoms with E-state index < -0.39 is 10.1 Å². The van der Waals surface area contributed by atoms with Gasteiger partial charge in [-0.1, -0.05) is 30.3 Å². The predicted octanol–water partition coefficient (Wildman–Crippen LogP) is 3.70. The Morgan fingerprint density at radius 2 is 1.70 bits per heavy atom. The summed E-state index contributed by atoms with van der Waals surface area (Å²) >= 11 is 0. The van der Waals surface area contributed by atoms with E-state index in [9.17, 15) is 8.42 Å². The molecule has 2 N–H and O–H groups in total. The van der Waals surface area contributed by atoms with E-state index in [0.717, 1.165) is 17.0 Å². The third-order valence-corrected chi connectivity index (χ3v) is 4.91. The van der Waals surface area contributed by atoms with Crippen LogP contribution in [0.15, 0.2) is 71.6 Å². The van der Waals surface area contributed by atoms with Crippen molar-refractivity contribution in [2.45, 2.75) is 11.8 Å². The third kappa shape index (κ3) is 3.53. The largest absolute Gasteiger partial charge is 0.340 e. The van der Waals surface area contributed by atoms with Crippen molar-refractivity contribution in [3.63, 3.8) is 0 Å². The first-order chi connectivity index (χ1) is 12.9. The highest BCUT2D eigenvalue weighted by Crippen LogP contribution is 2.25. The van der Waals surface area contributed by atoms with Crippen molar-refractivity contribution in [1.82, 2.24) is 14.6 Å². The van der Waals surface area contributed by atoms with Crippen LogP contribution in [0, 0.1) is 6.92 Å². The van der Waals surface area contributed by atoms with Crippen molar-refractivity contribution in [1.29, 1.82) is 0 Å². The van der Waals surface area contributed by atoms with Crippen LogP contribution in [0.3, 0.4) is 0 Å². The molecule has 0 atom stereocenters. The molecular formula is C19H16N4O3S. The summed E-state index contributed by atoms with van der Waals surface area (Å²) < 4.78 is 33.2. The van der Waals surface area contributed by atoms with Crippen molar-refractivity contribution >= 4 is 27.3 Å². The lowest BCUT2D eigenvalue weighted by Gasteiger charge is -2.11. The molecule has 0 fully saturated rings. The van der Waals surface area contributed by atoms with E-state index in [1.807, 2.05) is 49.4 Å². The molecule has 0 saturated heterocycles. The second-order valence-corrected chi connectivity index (χ2v) is 7.49. The van der Waals surface area contributed by atoms with Crippen molar-refractivity contribution in [3.05, 3.63) is 72.4 Å². The normalized spacial score (nSPS) is 11.6. The number of nitrogens with zero attached hydrogens (tertiary/aromatic N) is 3. The summed E-state index contributed by atoms with van der Waals surface area (Å²) in [6, 6.07) is 19.4. The highest BCUT2D eigenvalue weighted by Gasteiger charge is 2.12. The van der Waals surface area contributed by atoms with Gasteiger partial charge in [-0.3, -0.25) is 4.55 Å². The van der Waals surface area contributed by atoms with Gasteiger partial charge in [0.1, 0.15) is 5.82 Å². The number of benzene rings is 2. The molecule has 0 spiro atoms. The Kier molecular flexibility index (Phi) is 4.14. The van der Waals surface area contributed by atoms with E-state index in [4.69, 9.17) is 4.55 Å². The van der Waals surface area contributed by atoms with E-state index in [2.05, 4.69) is 15.4 Å². The van der Waals surface area contributed by atoms with Gasteiger partial charge in [0.05, 0.1) is 16.3 Å². The van der Waals surface area contributed by atoms with Crippen LogP contribution in [0.4, 0.5) is 11.5 Å². The van der Waals surface area contributed by atoms with Crippen LogP contribution in [0.25, 0.3) is 16.9 Å². The highest BCUT2D eigenvalue weighted by atomic mass is 32.2. The van der Waals surface area contributed by atoms with Gasteiger partial charge >= 0.3 is 0 Å². The molecule has 8 heteroatoms. The molecular weight excluding hydrogens is 364 g/mol. The number of aryl methyl sites for hydroxylation is 1. The zero-order valence-electron chi connectivity index (χ0n) is 14.4. The van der Waals surface area contributed by atoms with E-state index in [0.29, 0.717) is 17.2 Å². The molecule has 4 aromatic rings. The Morgan fingerprint density at radius 1 is 1.00 bits per heavy atom. The second kappa shape index (κ2) is 6.49. The standard InChI is InChI=1S/C19H16N4O3S/c1-13-11-18-21-17(14-5-3-2-4-6-14)12-19(23(18)22-13)20-15-7-9-16(10-8-15)27(24,25)26/h2-12,20H,1H3,(H,24,25,26). The first-order valence-corrected chi connectivity index (χ1v) is 9.61. The summed E-state index contributed by atoms with van der Waals surface area (Å²) in [5.74, 6) is 0.687. The van der Waals surface area contributed by atoms with Gasteiger partial charge in [0, 0.05) is 23.4 Å². The second-order valence-electron chi connectivity index (χ2n) is 6.07. The van der Waals surface area contributed by atoms with Crippen LogP contribution < -0.4 is 5.32 Å². The Balaban J connectivity index is 1.78. The third-order valence-electron chi connectivity index (χ3n) is 4.04. The van der Waals surface area contributed by atoms with Gasteiger partial charge in [0.2, 0.25) is 0 Å². The van der Waals surface area contributed by atoms with Gasteiger partial charge in [0.15, 0.2) is 5.65 Å². The minimum atomic E-state index is -4.22. The lowest BCUT2D eigenvalue weighted by atomic mass is 10.1. The van der Waals surface area contributed by atoms with Gasteiger partial charge < -0.3 is 5.32 Å². The zero-order chi connectivity index (χ0) is 19.0. The average Bonchev–Trinajstić information content (AvgIpc) is 3.03. The molecule has 0 aliphatic rings. The molecule has 0 radical (unpaired) electrons. The van der Waals surface area contributed by atoms with Crippen molar-refractivity contribution in [2.75, 3.05) is 5.32 Å². The number of hydrogen-bond donors (Lipinski definition) is 2. The molecule has 27 heavy (non-hydrogen) atoms. The van der Waals surface area contributed by atoms with Crippen LogP contribution in [0.5, 0.6) is 0 Å². The Hall–Kier alpha value is -3.23. The quantitative estimate of drug-likeness (QED) is 0.524. The van der Waals surface area contributed by atoms with Crippen LogP contribution in [0.2, 0.25) is 0 Å². The fourth-order valence-corrected chi connectivity index (χ4v) is 3.27. The number of aromatic nitrogens is 3. The topological polar surface area (TPSA) is 96.6 Å². The summed E-state index contributed by atoms with van der Waals surface area (Å²) in [4.78, 5) is 4.50. The number of fused-ring (bicyclic) bond motifs is 1. The first kappa shape index (κ1) is 17.2. The SMILES string of the molecule is Cc1cc2nc(-c3ccccc3)cc(Nc3ccc(S(=O)(=O)O)cc3)n2n1. The molecule has 2 heterocycles. The van der Waals surface area contributed by atoms with Gasteiger partial charge in [-0.05, 0) is 31.2 Å². The first-order valence-electron chi connectivity index (χ1n) is 8.17. The van der Waals surface area contributed by atoms with Crippen LogP contribution >= 0.6 is 0 Å². The lowest BCUT2D eigenvalue weighted by Crippen LogP contribution is -2.03. The predicted molar refractivity (Wildman–Crippen MR) is 103 cm³/mol. The Bertz CT molecular complexity index is 1220. The van der Waals surface area contributed by atoms with Crippen LogP contribution in [0.1, 0.15) is 5.69 Å². The molecule has 2 aromatic carbocycles. The number of rotatable bonds is 4. The van der Waals surface area contributed by atoms with Crippen molar-refractivity contribution in [2.24, 2.45) is 0 Å². The minimum Gasteiger partial charge on any atom is -0.340 e. The molecule has 0 amide bonds. The average molecular weight is 380 g/mol. The molecule has 0 unspecified atom stereocenters. The smallest absolute Gasteiger partial charge is 0.294 e. The van der Waals surface area contributed by atoms with E-state index >= 15 is 0 Å². The molecule has 4 rings (SSSR count). The molecule has 7 nitrogen and oxygen atoms in total. The van der Waals surface area contributed by atoms with Gasteiger partial charge in [-0.2, -0.15) is 18.0 Å². The van der Waals surface area contributed by atoms with Crippen LogP contribution in [-0.4, -0.2) is 27.6 Å². The Labute approximate surface area is 156 Å². The molecule has 0 bridgehead atoms. The van der Waals surface area contributed by atoms with Crippen molar-refractivity contribution < 1.29 is 13.0 Å². The summed E-state index contributed by atoms with van der Waals surface area (Å²) in [5.41, 5.74) is 3.95. The van der Waals surface area contributed by atoms with E-state index in [1.165, 1.54) is 12.1 Å². The fraction of sp³-hybridized carbons (Fsp3) is 0.0526. The van der Waals surface area contributed by atoms with Gasteiger partial charge in [-0.25, -0.2) is 4.98 Å². The lowest BCUT2D eigenvalue weighted by molar-refractivity contribution is 0.483. The summed E-state index contributed by atoms with van der Waals surface area (Å²) in [6.07, 6.45) is 0. The summed E-state index contributed by atoms with van der Waals surface area (Å²) in [7, 11) is -4.22. The maximum atomic E-state index is 11.2. The molecule has 0 saturated carbocycles. The highest BCUT2D eigenvalue weighted by molar-refractivity contribution is 7.85. The zero-order valence-corrected chi connectivity index (χ0v) is 15.2. The number of anilines is 2. The number of nitrogens with one attached hydrogen (secondary N) is 1. The van der Waals surface area contributed by atoms with Crippen molar-refractivity contribution in [3.8, 4) is 11.3 Å². The van der Waals surface area contributed by atoms with E-state index in [1.54, 1.807) is 16.6 Å². The fourth-order valence-electron chi connectivity index (χ4n) is 2.79. The van der Waals surface area contributed by atoms with Gasteiger partial charge in [0.25, 0.3) is 10.1 Å². The monoisotopic (exact) mass is 380 g/mol. The molecule has 0 aliphatic carbocycles. The van der Waals surface area contributed by atoms with Gasteiger partial charge in [-0.15, -0.1) is 0 Å². The maximum absolute atomic E-state index is 11.2. The molecule has 136 valence electrons. The summed E-state index contributed by atoms with van der Waals surface area (Å²) in [5, 5.41) is 7.69. The maximum Gasteiger partial charge on any atom is 0.294 e. The van der Waals surface area contributed by atoms with Crippen LogP contribution in [-0.2, 0) is 10.1 Å². The molecule has 2 aromatic heterocycles. The minimum absolute atomic E-state index is 0.159. The van der Waals surface area contributed by atoms with E-state index in [-0.39, 0.29) is 4.90 Å². The number of hydrogen-bond acceptors (Lipinski definition) is 5.